The van der Waals surface area contributed by atoms with Crippen molar-refractivity contribution in [3.8, 4) is 0 Å². The summed E-state index contributed by atoms with van der Waals surface area (Å²) in [5.74, 6) is 0.197. The zero-order valence-corrected chi connectivity index (χ0v) is 12.4. The van der Waals surface area contributed by atoms with Crippen LogP contribution in [-0.2, 0) is 4.74 Å². The highest BCUT2D eigenvalue weighted by Crippen LogP contribution is 2.28. The third-order valence-corrected chi connectivity index (χ3v) is 3.97. The average molecular weight is 290 g/mol. The summed E-state index contributed by atoms with van der Waals surface area (Å²) in [4.78, 5) is 27.2. The number of amides is 1. The van der Waals surface area contributed by atoms with E-state index < -0.39 is 5.97 Å². The normalized spacial score (nSPS) is 14.9. The molecule has 1 aliphatic rings. The van der Waals surface area contributed by atoms with Crippen molar-refractivity contribution in [1.82, 2.24) is 10.3 Å². The number of nitrogens with zero attached hydrogens (tertiary/aromatic N) is 1. The van der Waals surface area contributed by atoms with E-state index in [0.717, 1.165) is 12.3 Å². The molecule has 5 heteroatoms. The van der Waals surface area contributed by atoms with Crippen molar-refractivity contribution in [2.24, 2.45) is 5.92 Å². The second-order valence-corrected chi connectivity index (χ2v) is 5.47. The molecule has 0 aromatic carbocycles. The van der Waals surface area contributed by atoms with Crippen LogP contribution in [-0.4, -0.2) is 30.5 Å². The molecule has 114 valence electrons. The van der Waals surface area contributed by atoms with E-state index in [1.165, 1.54) is 45.4 Å². The van der Waals surface area contributed by atoms with Crippen LogP contribution in [0.15, 0.2) is 18.3 Å². The molecule has 0 bridgehead atoms. The molecule has 1 amide bonds. The summed E-state index contributed by atoms with van der Waals surface area (Å²) in [7, 11) is 1.31. The Morgan fingerprint density at radius 3 is 2.71 bits per heavy atom. The smallest absolute Gasteiger partial charge is 0.339 e. The molecule has 5 nitrogen and oxygen atoms in total. The van der Waals surface area contributed by atoms with Crippen LogP contribution in [0.4, 0.5) is 0 Å². The second-order valence-electron chi connectivity index (χ2n) is 5.47. The van der Waals surface area contributed by atoms with Gasteiger partial charge in [-0.2, -0.15) is 0 Å². The minimum absolute atomic E-state index is 0.196. The molecule has 0 atom stereocenters. The first-order chi connectivity index (χ1) is 10.2. The fourth-order valence-corrected chi connectivity index (χ4v) is 2.75. The van der Waals surface area contributed by atoms with E-state index >= 15 is 0 Å². The van der Waals surface area contributed by atoms with E-state index in [0.29, 0.717) is 17.8 Å². The Balaban J connectivity index is 1.73. The fourth-order valence-electron chi connectivity index (χ4n) is 2.75. The van der Waals surface area contributed by atoms with Crippen LogP contribution in [0.1, 0.15) is 59.4 Å². The van der Waals surface area contributed by atoms with E-state index in [1.807, 2.05) is 0 Å². The van der Waals surface area contributed by atoms with Crippen molar-refractivity contribution < 1.29 is 14.3 Å². The van der Waals surface area contributed by atoms with Crippen LogP contribution >= 0.6 is 0 Å². The molecule has 1 saturated carbocycles. The van der Waals surface area contributed by atoms with E-state index in [-0.39, 0.29) is 5.91 Å². The maximum atomic E-state index is 11.9. The number of pyridine rings is 1. The highest BCUT2D eigenvalue weighted by molar-refractivity contribution is 5.94. The lowest BCUT2D eigenvalue weighted by Gasteiger charge is -2.09. The summed E-state index contributed by atoms with van der Waals surface area (Å²) < 4.78 is 4.59. The van der Waals surface area contributed by atoms with Crippen LogP contribution in [0.3, 0.4) is 0 Å². The van der Waals surface area contributed by atoms with Crippen LogP contribution in [0, 0.1) is 5.92 Å². The quantitative estimate of drug-likeness (QED) is 0.646. The van der Waals surface area contributed by atoms with Gasteiger partial charge in [-0.3, -0.25) is 9.78 Å². The average Bonchev–Trinajstić information content (AvgIpc) is 3.04. The summed E-state index contributed by atoms with van der Waals surface area (Å²) in [6, 6.07) is 3.09. The molecule has 1 aromatic rings. The molecule has 1 aliphatic carbocycles. The van der Waals surface area contributed by atoms with Crippen molar-refractivity contribution in [3.63, 3.8) is 0 Å². The topological polar surface area (TPSA) is 68.3 Å². The number of rotatable bonds is 6. The molecule has 1 heterocycles. The lowest BCUT2D eigenvalue weighted by atomic mass is 10.0. The van der Waals surface area contributed by atoms with Gasteiger partial charge in [0.05, 0.1) is 12.7 Å². The van der Waals surface area contributed by atoms with Crippen LogP contribution < -0.4 is 5.32 Å². The van der Waals surface area contributed by atoms with E-state index in [4.69, 9.17) is 0 Å². The summed E-state index contributed by atoms with van der Waals surface area (Å²) >= 11 is 0. The van der Waals surface area contributed by atoms with E-state index in [2.05, 4.69) is 15.0 Å². The first-order valence-corrected chi connectivity index (χ1v) is 7.53. The highest BCUT2D eigenvalue weighted by Gasteiger charge is 2.14. The first-order valence-electron chi connectivity index (χ1n) is 7.53. The number of hydrogen-bond donors (Lipinski definition) is 1. The summed E-state index contributed by atoms with van der Waals surface area (Å²) in [6.07, 6.45) is 8.95. The fraction of sp³-hybridized carbons (Fsp3) is 0.562. The number of carbonyl (C=O) groups excluding carboxylic acids is 2. The molecule has 0 unspecified atom stereocenters. The Morgan fingerprint density at radius 1 is 1.33 bits per heavy atom. The minimum Gasteiger partial charge on any atom is -0.465 e. The molecular weight excluding hydrogens is 268 g/mol. The zero-order valence-electron chi connectivity index (χ0n) is 12.4. The van der Waals surface area contributed by atoms with E-state index in [1.54, 1.807) is 12.1 Å². The molecule has 0 saturated heterocycles. The SMILES string of the molecule is COC(=O)c1ccc(C(=O)NCCCC2CCCC2)nc1. The number of hydrogen-bond acceptors (Lipinski definition) is 4. The van der Waals surface area contributed by atoms with Gasteiger partial charge in [0.2, 0.25) is 0 Å². The number of aromatic nitrogens is 1. The third-order valence-electron chi connectivity index (χ3n) is 3.97. The number of esters is 1. The molecule has 0 radical (unpaired) electrons. The summed E-state index contributed by atoms with van der Waals surface area (Å²) in [5, 5.41) is 2.87. The van der Waals surface area contributed by atoms with Crippen molar-refractivity contribution in [2.75, 3.05) is 13.7 Å². The van der Waals surface area contributed by atoms with Crippen molar-refractivity contribution in [1.29, 1.82) is 0 Å². The highest BCUT2D eigenvalue weighted by atomic mass is 16.5. The van der Waals surface area contributed by atoms with Crippen molar-refractivity contribution in [2.45, 2.75) is 38.5 Å². The van der Waals surface area contributed by atoms with Gasteiger partial charge in [-0.15, -0.1) is 0 Å². The predicted octanol–water partition coefficient (Wildman–Crippen LogP) is 2.57. The predicted molar refractivity (Wildman–Crippen MR) is 79.1 cm³/mol. The number of carbonyl (C=O) groups is 2. The van der Waals surface area contributed by atoms with Crippen LogP contribution in [0.25, 0.3) is 0 Å². The van der Waals surface area contributed by atoms with Crippen molar-refractivity contribution in [3.05, 3.63) is 29.6 Å². The summed E-state index contributed by atoms with van der Waals surface area (Å²) in [5.41, 5.74) is 0.666. The maximum Gasteiger partial charge on any atom is 0.339 e. The Kier molecular flexibility index (Phi) is 5.72. The lowest BCUT2D eigenvalue weighted by Crippen LogP contribution is -2.25. The van der Waals surface area contributed by atoms with Gasteiger partial charge < -0.3 is 10.1 Å². The third kappa shape index (κ3) is 4.55. The molecule has 2 rings (SSSR count). The Bertz CT molecular complexity index is 479. The zero-order chi connectivity index (χ0) is 15.1. The Labute approximate surface area is 125 Å². The first kappa shape index (κ1) is 15.5. The number of nitrogens with one attached hydrogen (secondary N) is 1. The van der Waals surface area contributed by atoms with E-state index in [9.17, 15) is 9.59 Å². The molecule has 1 N–H and O–H groups in total. The molecule has 0 spiro atoms. The van der Waals surface area contributed by atoms with Gasteiger partial charge in [-0.05, 0) is 30.9 Å². The maximum absolute atomic E-state index is 11.9. The molecule has 21 heavy (non-hydrogen) atoms. The van der Waals surface area contributed by atoms with Gasteiger partial charge in [0.15, 0.2) is 0 Å². The van der Waals surface area contributed by atoms with Gasteiger partial charge >= 0.3 is 5.97 Å². The van der Waals surface area contributed by atoms with Gasteiger partial charge in [0.25, 0.3) is 5.91 Å². The molecular formula is C16H22N2O3. The van der Waals surface area contributed by atoms with Gasteiger partial charge in [0, 0.05) is 12.7 Å². The van der Waals surface area contributed by atoms with Gasteiger partial charge in [-0.1, -0.05) is 25.7 Å². The number of methoxy groups -OCH3 is 1. The molecule has 1 aromatic heterocycles. The van der Waals surface area contributed by atoms with Crippen LogP contribution in [0.5, 0.6) is 0 Å². The second kappa shape index (κ2) is 7.76. The van der Waals surface area contributed by atoms with Crippen LogP contribution in [0.2, 0.25) is 0 Å². The van der Waals surface area contributed by atoms with Crippen molar-refractivity contribution >= 4 is 11.9 Å². The molecule has 1 fully saturated rings. The minimum atomic E-state index is -0.453. The lowest BCUT2D eigenvalue weighted by molar-refractivity contribution is 0.0599. The summed E-state index contributed by atoms with van der Waals surface area (Å²) in [6.45, 7) is 0.676. The Morgan fingerprint density at radius 2 is 2.10 bits per heavy atom. The monoisotopic (exact) mass is 290 g/mol. The van der Waals surface area contributed by atoms with Gasteiger partial charge in [0.1, 0.15) is 5.69 Å². The van der Waals surface area contributed by atoms with Gasteiger partial charge in [-0.25, -0.2) is 4.79 Å². The standard InChI is InChI=1S/C16H22N2O3/c1-21-16(20)13-8-9-14(18-11-13)15(19)17-10-4-7-12-5-2-3-6-12/h8-9,11-12H,2-7,10H2,1H3,(H,17,19). The molecule has 0 aliphatic heterocycles. The Hall–Kier alpha value is -1.91. The number of ether oxygens (including phenoxy) is 1. The largest absolute Gasteiger partial charge is 0.465 e.